The highest BCUT2D eigenvalue weighted by Gasteiger charge is 2.25. The number of nitrogens with one attached hydrogen (secondary N) is 1. The first-order chi connectivity index (χ1) is 9.36. The minimum Gasteiger partial charge on any atom is -0.497 e. The lowest BCUT2D eigenvalue weighted by Crippen LogP contribution is -2.36. The smallest absolute Gasteiger partial charge is 0.124 e. The summed E-state index contributed by atoms with van der Waals surface area (Å²) < 4.78 is 11.1. The summed E-state index contributed by atoms with van der Waals surface area (Å²) in [6.45, 7) is 0.809. The molecule has 1 heterocycles. The fourth-order valence-electron chi connectivity index (χ4n) is 3.23. The molecule has 0 spiro atoms. The van der Waals surface area contributed by atoms with Crippen LogP contribution in [-0.2, 0) is 0 Å². The van der Waals surface area contributed by atoms with Crippen LogP contribution in [0.25, 0.3) is 0 Å². The Morgan fingerprint density at radius 3 is 2.79 bits per heavy atom. The molecule has 104 valence electrons. The van der Waals surface area contributed by atoms with Gasteiger partial charge in [-0.3, -0.25) is 0 Å². The summed E-state index contributed by atoms with van der Waals surface area (Å²) in [5.74, 6) is 1.93. The summed E-state index contributed by atoms with van der Waals surface area (Å²) in [6, 6.07) is 7.22. The highest BCUT2D eigenvalue weighted by Crippen LogP contribution is 2.35. The van der Waals surface area contributed by atoms with Crippen molar-refractivity contribution in [2.45, 2.75) is 50.6 Å². The van der Waals surface area contributed by atoms with Crippen molar-refractivity contribution in [1.82, 2.24) is 5.32 Å². The maximum atomic E-state index is 5.75. The van der Waals surface area contributed by atoms with Gasteiger partial charge in [0.2, 0.25) is 0 Å². The predicted molar refractivity (Wildman–Crippen MR) is 75.9 cm³/mol. The monoisotopic (exact) mass is 261 g/mol. The number of methoxy groups -OCH3 is 1. The number of hydrogen-bond donors (Lipinski definition) is 1. The molecule has 3 heteroatoms. The van der Waals surface area contributed by atoms with E-state index in [1.54, 1.807) is 7.11 Å². The number of rotatable bonds is 3. The third kappa shape index (κ3) is 2.86. The van der Waals surface area contributed by atoms with Gasteiger partial charge in [0.15, 0.2) is 0 Å². The average Bonchev–Trinajstić information content (AvgIpc) is 2.48. The van der Waals surface area contributed by atoms with Crippen LogP contribution < -0.4 is 14.8 Å². The zero-order valence-corrected chi connectivity index (χ0v) is 11.7. The summed E-state index contributed by atoms with van der Waals surface area (Å²) in [7, 11) is 1.72. The van der Waals surface area contributed by atoms with Gasteiger partial charge in [0.1, 0.15) is 11.5 Å². The van der Waals surface area contributed by atoms with E-state index in [0.29, 0.717) is 12.1 Å². The van der Waals surface area contributed by atoms with Crippen LogP contribution >= 0.6 is 0 Å². The molecule has 0 aromatic heterocycles. The van der Waals surface area contributed by atoms with Gasteiger partial charge in [0, 0.05) is 24.1 Å². The molecule has 1 N–H and O–H groups in total. The van der Waals surface area contributed by atoms with Gasteiger partial charge in [-0.25, -0.2) is 0 Å². The summed E-state index contributed by atoms with van der Waals surface area (Å²) in [5, 5.41) is 3.83. The molecular formula is C16H23NO2. The van der Waals surface area contributed by atoms with Crippen molar-refractivity contribution in [1.29, 1.82) is 0 Å². The Morgan fingerprint density at radius 1 is 1.16 bits per heavy atom. The highest BCUT2D eigenvalue weighted by molar-refractivity contribution is 5.43. The summed E-state index contributed by atoms with van der Waals surface area (Å²) in [5.41, 5.74) is 1.26. The molecule has 0 radical (unpaired) electrons. The predicted octanol–water partition coefficient (Wildman–Crippen LogP) is 3.44. The Labute approximate surface area is 115 Å². The molecule has 1 aliphatic heterocycles. The van der Waals surface area contributed by atoms with Crippen molar-refractivity contribution in [2.24, 2.45) is 0 Å². The second-order valence-electron chi connectivity index (χ2n) is 5.60. The van der Waals surface area contributed by atoms with Crippen molar-refractivity contribution in [3.05, 3.63) is 23.8 Å². The molecule has 1 atom stereocenters. The lowest BCUT2D eigenvalue weighted by molar-refractivity contribution is 0.232. The molecule has 19 heavy (non-hydrogen) atoms. The van der Waals surface area contributed by atoms with Crippen LogP contribution in [0.15, 0.2) is 18.2 Å². The summed E-state index contributed by atoms with van der Waals surface area (Å²) in [6.07, 6.45) is 7.82. The van der Waals surface area contributed by atoms with Gasteiger partial charge >= 0.3 is 0 Å². The maximum absolute atomic E-state index is 5.75. The van der Waals surface area contributed by atoms with E-state index in [-0.39, 0.29) is 0 Å². The molecule has 1 aromatic carbocycles. The van der Waals surface area contributed by atoms with Crippen LogP contribution in [0, 0.1) is 0 Å². The topological polar surface area (TPSA) is 30.5 Å². The number of hydrogen-bond acceptors (Lipinski definition) is 3. The van der Waals surface area contributed by atoms with Gasteiger partial charge in [0.25, 0.3) is 0 Å². The third-order valence-electron chi connectivity index (χ3n) is 4.30. The maximum Gasteiger partial charge on any atom is 0.124 e. The van der Waals surface area contributed by atoms with Crippen molar-refractivity contribution < 1.29 is 9.47 Å². The van der Waals surface area contributed by atoms with Crippen molar-refractivity contribution in [3.8, 4) is 11.5 Å². The van der Waals surface area contributed by atoms with E-state index in [2.05, 4.69) is 11.4 Å². The van der Waals surface area contributed by atoms with Crippen LogP contribution in [0.2, 0.25) is 0 Å². The van der Waals surface area contributed by atoms with Crippen LogP contribution in [-0.4, -0.2) is 19.8 Å². The normalized spacial score (nSPS) is 23.5. The van der Waals surface area contributed by atoms with Crippen LogP contribution in [0.5, 0.6) is 11.5 Å². The van der Waals surface area contributed by atoms with E-state index in [9.17, 15) is 0 Å². The molecule has 3 rings (SSSR count). The second kappa shape index (κ2) is 5.83. The van der Waals surface area contributed by atoms with Crippen LogP contribution in [0.4, 0.5) is 0 Å². The molecule has 1 unspecified atom stereocenters. The first-order valence-corrected chi connectivity index (χ1v) is 7.43. The fourth-order valence-corrected chi connectivity index (χ4v) is 3.23. The van der Waals surface area contributed by atoms with Gasteiger partial charge in [-0.1, -0.05) is 19.3 Å². The molecule has 0 saturated heterocycles. The van der Waals surface area contributed by atoms with E-state index in [4.69, 9.17) is 9.47 Å². The van der Waals surface area contributed by atoms with E-state index in [0.717, 1.165) is 24.5 Å². The van der Waals surface area contributed by atoms with Gasteiger partial charge < -0.3 is 14.8 Å². The molecule has 0 bridgehead atoms. The van der Waals surface area contributed by atoms with Gasteiger partial charge in [-0.05, 0) is 31.0 Å². The Morgan fingerprint density at radius 2 is 2.00 bits per heavy atom. The Kier molecular flexibility index (Phi) is 3.92. The fraction of sp³-hybridized carbons (Fsp3) is 0.625. The molecule has 1 fully saturated rings. The Bertz CT molecular complexity index is 427. The van der Waals surface area contributed by atoms with E-state index in [1.807, 2.05) is 12.1 Å². The minimum absolute atomic E-state index is 0.418. The lowest BCUT2D eigenvalue weighted by Gasteiger charge is -2.32. The first kappa shape index (κ1) is 12.8. The van der Waals surface area contributed by atoms with Crippen LogP contribution in [0.1, 0.15) is 50.1 Å². The van der Waals surface area contributed by atoms with Gasteiger partial charge in [-0.2, -0.15) is 0 Å². The van der Waals surface area contributed by atoms with E-state index >= 15 is 0 Å². The van der Waals surface area contributed by atoms with Crippen molar-refractivity contribution in [2.75, 3.05) is 13.7 Å². The minimum atomic E-state index is 0.418. The van der Waals surface area contributed by atoms with Crippen molar-refractivity contribution in [3.63, 3.8) is 0 Å². The zero-order valence-electron chi connectivity index (χ0n) is 11.7. The van der Waals surface area contributed by atoms with Gasteiger partial charge in [-0.15, -0.1) is 0 Å². The molecule has 3 nitrogen and oxygen atoms in total. The Balaban J connectivity index is 1.76. The zero-order chi connectivity index (χ0) is 13.1. The molecule has 1 aromatic rings. The quantitative estimate of drug-likeness (QED) is 0.904. The average molecular weight is 261 g/mol. The van der Waals surface area contributed by atoms with E-state index < -0.39 is 0 Å². The second-order valence-corrected chi connectivity index (χ2v) is 5.60. The van der Waals surface area contributed by atoms with Gasteiger partial charge in [0.05, 0.1) is 13.7 Å². The largest absolute Gasteiger partial charge is 0.497 e. The number of fused-ring (bicyclic) bond motifs is 1. The van der Waals surface area contributed by atoms with Crippen LogP contribution in [0.3, 0.4) is 0 Å². The highest BCUT2D eigenvalue weighted by atomic mass is 16.5. The summed E-state index contributed by atoms with van der Waals surface area (Å²) >= 11 is 0. The SMILES string of the molecule is COc1ccc2c(c1)C(NC1CCCCC1)CCO2. The van der Waals surface area contributed by atoms with Crippen molar-refractivity contribution >= 4 is 0 Å². The first-order valence-electron chi connectivity index (χ1n) is 7.43. The van der Waals surface area contributed by atoms with E-state index in [1.165, 1.54) is 37.7 Å². The lowest BCUT2D eigenvalue weighted by atomic mass is 9.92. The third-order valence-corrected chi connectivity index (χ3v) is 4.30. The molecule has 1 aliphatic carbocycles. The number of benzene rings is 1. The number of ether oxygens (including phenoxy) is 2. The molecule has 1 saturated carbocycles. The Hall–Kier alpha value is -1.22. The summed E-state index contributed by atoms with van der Waals surface area (Å²) in [4.78, 5) is 0. The molecule has 0 amide bonds. The standard InChI is InChI=1S/C16H23NO2/c1-18-13-7-8-16-14(11-13)15(9-10-19-16)17-12-5-3-2-4-6-12/h7-8,11-12,15,17H,2-6,9-10H2,1H3. The molecule has 2 aliphatic rings. The molecular weight excluding hydrogens is 238 g/mol.